The quantitative estimate of drug-likeness (QED) is 0.468. The van der Waals surface area contributed by atoms with E-state index >= 15 is 0 Å². The lowest BCUT2D eigenvalue weighted by Gasteiger charge is -2.34. The van der Waals surface area contributed by atoms with Crippen LogP contribution >= 0.6 is 0 Å². The highest BCUT2D eigenvalue weighted by molar-refractivity contribution is 5.84. The first-order valence-electron chi connectivity index (χ1n) is 13.1. The molecule has 2 atom stereocenters. The summed E-state index contributed by atoms with van der Waals surface area (Å²) < 4.78 is 35.0. The molecule has 11 nitrogen and oxygen atoms in total. The second kappa shape index (κ2) is 11.5. The first-order chi connectivity index (χ1) is 18.8. The number of alkyl halides is 2. The molecule has 1 unspecified atom stereocenters. The smallest absolute Gasteiger partial charge is 0.296 e. The predicted molar refractivity (Wildman–Crippen MR) is 141 cm³/mol. The van der Waals surface area contributed by atoms with Crippen LogP contribution in [0.25, 0.3) is 16.9 Å². The molecule has 2 fully saturated rings. The van der Waals surface area contributed by atoms with Crippen molar-refractivity contribution in [2.24, 2.45) is 0 Å². The predicted octanol–water partition coefficient (Wildman–Crippen LogP) is 2.52. The number of likely N-dealkylation sites (tertiary alicyclic amines) is 1. The molecule has 0 bridgehead atoms. The van der Waals surface area contributed by atoms with Gasteiger partial charge in [0, 0.05) is 45.2 Å². The van der Waals surface area contributed by atoms with Crippen LogP contribution < -0.4 is 15.5 Å². The Morgan fingerprint density at radius 1 is 1.08 bits per heavy atom. The van der Waals surface area contributed by atoms with Crippen molar-refractivity contribution in [3.05, 3.63) is 36.2 Å². The Bertz CT molecular complexity index is 1340. The van der Waals surface area contributed by atoms with Gasteiger partial charge in [0.2, 0.25) is 17.8 Å². The van der Waals surface area contributed by atoms with Gasteiger partial charge in [-0.3, -0.25) is 14.2 Å². The third-order valence-corrected chi connectivity index (χ3v) is 6.90. The van der Waals surface area contributed by atoms with Crippen molar-refractivity contribution in [3.8, 4) is 5.82 Å². The van der Waals surface area contributed by atoms with Gasteiger partial charge in [0.25, 0.3) is 6.43 Å². The molecule has 5 rings (SSSR count). The van der Waals surface area contributed by atoms with Crippen LogP contribution in [0.15, 0.2) is 30.3 Å². The average Bonchev–Trinajstić information content (AvgIpc) is 3.33. The zero-order valence-corrected chi connectivity index (χ0v) is 21.9. The topological polar surface area (TPSA) is 118 Å². The minimum Gasteiger partial charge on any atom is -0.378 e. The lowest BCUT2D eigenvalue weighted by molar-refractivity contribution is -0.133. The zero-order valence-electron chi connectivity index (χ0n) is 21.9. The number of nitrogens with one attached hydrogen (secondary N) is 2. The molecule has 3 aromatic rings. The van der Waals surface area contributed by atoms with Gasteiger partial charge in [-0.05, 0) is 31.9 Å². The van der Waals surface area contributed by atoms with Crippen molar-refractivity contribution in [1.29, 1.82) is 0 Å². The van der Waals surface area contributed by atoms with Crippen LogP contribution in [-0.2, 0) is 14.3 Å². The molecular formula is C26H32F2N8O3. The van der Waals surface area contributed by atoms with Gasteiger partial charge in [-0.1, -0.05) is 12.1 Å². The summed E-state index contributed by atoms with van der Waals surface area (Å²) in [4.78, 5) is 41.9. The fourth-order valence-corrected chi connectivity index (χ4v) is 5.10. The van der Waals surface area contributed by atoms with Gasteiger partial charge in [-0.15, -0.1) is 0 Å². The summed E-state index contributed by atoms with van der Waals surface area (Å²) in [5.41, 5.74) is 0.919. The molecular weight excluding hydrogens is 510 g/mol. The van der Waals surface area contributed by atoms with Crippen molar-refractivity contribution < 1.29 is 23.1 Å². The zero-order chi connectivity index (χ0) is 27.5. The Balaban J connectivity index is 1.47. The summed E-state index contributed by atoms with van der Waals surface area (Å²) in [6, 6.07) is 7.76. The van der Waals surface area contributed by atoms with Gasteiger partial charge in [-0.25, -0.2) is 13.8 Å². The number of ether oxygens (including phenoxy) is 1. The number of hydrogen-bond acceptors (Lipinski definition) is 8. The van der Waals surface area contributed by atoms with Crippen LogP contribution in [0.1, 0.15) is 38.9 Å². The van der Waals surface area contributed by atoms with Crippen LogP contribution in [-0.4, -0.2) is 87.7 Å². The molecule has 2 N–H and O–H groups in total. The summed E-state index contributed by atoms with van der Waals surface area (Å²) in [5.74, 6) is 0.191. The molecule has 0 spiro atoms. The minimum absolute atomic E-state index is 0.0952. The SMILES string of the molecule is CC(=O)NC1CCCN(C(=O)[C@H](C)Nc2nc(N3CCOCC3)cc(-n3c(C(F)F)nc4ccccc43)n2)C1. The highest BCUT2D eigenvalue weighted by atomic mass is 19.3. The number of anilines is 2. The molecule has 2 aliphatic rings. The van der Waals surface area contributed by atoms with Crippen molar-refractivity contribution in [3.63, 3.8) is 0 Å². The lowest BCUT2D eigenvalue weighted by atomic mass is 10.0. The number of aromatic nitrogens is 4. The van der Waals surface area contributed by atoms with Crippen molar-refractivity contribution in [2.75, 3.05) is 49.6 Å². The number of hydrogen-bond donors (Lipinski definition) is 2. The van der Waals surface area contributed by atoms with Gasteiger partial charge in [0.1, 0.15) is 17.7 Å². The Morgan fingerprint density at radius 3 is 2.56 bits per heavy atom. The number of morpholine rings is 1. The maximum absolute atomic E-state index is 14.1. The van der Waals surface area contributed by atoms with E-state index in [9.17, 15) is 18.4 Å². The van der Waals surface area contributed by atoms with E-state index in [2.05, 4.69) is 25.6 Å². The number of piperidine rings is 1. The monoisotopic (exact) mass is 542 g/mol. The lowest BCUT2D eigenvalue weighted by Crippen LogP contribution is -2.52. The van der Waals surface area contributed by atoms with E-state index in [1.54, 1.807) is 42.2 Å². The first kappa shape index (κ1) is 26.7. The summed E-state index contributed by atoms with van der Waals surface area (Å²) in [5, 5.41) is 5.98. The number of rotatable bonds is 7. The summed E-state index contributed by atoms with van der Waals surface area (Å²) in [7, 11) is 0. The number of amides is 2. The highest BCUT2D eigenvalue weighted by Gasteiger charge is 2.29. The normalized spacial score (nSPS) is 18.8. The molecule has 13 heteroatoms. The maximum atomic E-state index is 14.1. The second-order valence-electron chi connectivity index (χ2n) is 9.79. The molecule has 0 radical (unpaired) electrons. The maximum Gasteiger partial charge on any atom is 0.296 e. The van der Waals surface area contributed by atoms with Gasteiger partial charge >= 0.3 is 0 Å². The number of carbonyl (C=O) groups is 2. The molecule has 0 aliphatic carbocycles. The van der Waals surface area contributed by atoms with Crippen molar-refractivity contribution in [2.45, 2.75) is 45.2 Å². The number of benzene rings is 1. The number of halogens is 2. The number of para-hydroxylation sites is 2. The molecule has 208 valence electrons. The average molecular weight is 543 g/mol. The number of imidazole rings is 1. The van der Waals surface area contributed by atoms with Gasteiger partial charge in [0.15, 0.2) is 5.82 Å². The fraction of sp³-hybridized carbons (Fsp3) is 0.500. The summed E-state index contributed by atoms with van der Waals surface area (Å²) >= 11 is 0. The van der Waals surface area contributed by atoms with Gasteiger partial charge in [-0.2, -0.15) is 9.97 Å². The molecule has 4 heterocycles. The van der Waals surface area contributed by atoms with Crippen LogP contribution in [0.2, 0.25) is 0 Å². The van der Waals surface area contributed by atoms with E-state index in [0.29, 0.717) is 56.2 Å². The molecule has 39 heavy (non-hydrogen) atoms. The third-order valence-electron chi connectivity index (χ3n) is 6.90. The van der Waals surface area contributed by atoms with Crippen molar-refractivity contribution >= 4 is 34.6 Å². The molecule has 2 aromatic heterocycles. The van der Waals surface area contributed by atoms with E-state index in [1.807, 2.05) is 4.90 Å². The van der Waals surface area contributed by atoms with Gasteiger partial charge in [0.05, 0.1) is 24.2 Å². The second-order valence-corrected chi connectivity index (χ2v) is 9.79. The molecule has 2 amide bonds. The van der Waals surface area contributed by atoms with E-state index < -0.39 is 18.3 Å². The molecule has 2 aliphatic heterocycles. The number of fused-ring (bicyclic) bond motifs is 1. The van der Waals surface area contributed by atoms with E-state index in [4.69, 9.17) is 4.74 Å². The van der Waals surface area contributed by atoms with Crippen LogP contribution in [0.5, 0.6) is 0 Å². The van der Waals surface area contributed by atoms with E-state index in [-0.39, 0.29) is 29.6 Å². The highest BCUT2D eigenvalue weighted by Crippen LogP contribution is 2.29. The Hall–Kier alpha value is -3.87. The van der Waals surface area contributed by atoms with Crippen LogP contribution in [0.3, 0.4) is 0 Å². The van der Waals surface area contributed by atoms with Gasteiger partial charge < -0.3 is 25.2 Å². The number of nitrogens with zero attached hydrogens (tertiary/aromatic N) is 6. The first-order valence-corrected chi connectivity index (χ1v) is 13.1. The Morgan fingerprint density at radius 2 is 1.82 bits per heavy atom. The molecule has 0 saturated carbocycles. The summed E-state index contributed by atoms with van der Waals surface area (Å²) in [6.45, 7) is 6.36. The van der Waals surface area contributed by atoms with Crippen molar-refractivity contribution in [1.82, 2.24) is 29.7 Å². The Kier molecular flexibility index (Phi) is 7.87. The minimum atomic E-state index is -2.83. The largest absolute Gasteiger partial charge is 0.378 e. The molecule has 1 aromatic carbocycles. The fourth-order valence-electron chi connectivity index (χ4n) is 5.10. The van der Waals surface area contributed by atoms with E-state index in [1.165, 1.54) is 11.5 Å². The third kappa shape index (κ3) is 5.92. The van der Waals surface area contributed by atoms with Crippen LogP contribution in [0.4, 0.5) is 20.5 Å². The standard InChI is InChI=1S/C26H32F2N8O3/c1-16(25(38)35-9-5-6-18(15-35)30-17(2)37)29-26-32-21(34-10-12-39-13-11-34)14-22(33-26)36-20-8-4-3-7-19(20)31-24(36)23(27)28/h3-4,7-8,14,16,18,23H,5-6,9-13,15H2,1-2H3,(H,30,37)(H,29,32,33)/t16-,18?/m0/s1. The van der Waals surface area contributed by atoms with E-state index in [0.717, 1.165) is 12.8 Å². The number of carbonyl (C=O) groups excluding carboxylic acids is 2. The summed E-state index contributed by atoms with van der Waals surface area (Å²) in [6.07, 6.45) is -1.24. The Labute approximate surface area is 224 Å². The molecule has 2 saturated heterocycles. The van der Waals surface area contributed by atoms with Crippen LogP contribution in [0, 0.1) is 0 Å².